The van der Waals surface area contributed by atoms with Gasteiger partial charge in [0.2, 0.25) is 0 Å². The Morgan fingerprint density at radius 1 is 1.29 bits per heavy atom. The van der Waals surface area contributed by atoms with E-state index in [1.807, 2.05) is 0 Å². The smallest absolute Gasteiger partial charge is 0.00469 e. The first kappa shape index (κ1) is 10.8. The minimum absolute atomic E-state index is 0.470. The molecule has 0 bridgehead atoms. The van der Waals surface area contributed by atoms with E-state index in [2.05, 4.69) is 37.4 Å². The van der Waals surface area contributed by atoms with Crippen molar-refractivity contribution in [3.63, 3.8) is 0 Å². The summed E-state index contributed by atoms with van der Waals surface area (Å²) in [7, 11) is 0. The molecule has 14 heavy (non-hydrogen) atoms. The average Bonchev–Trinajstić information content (AvgIpc) is 2.60. The molecule has 0 amide bonds. The van der Waals surface area contributed by atoms with E-state index < -0.39 is 0 Å². The Bertz CT molecular complexity index is 201. The van der Waals surface area contributed by atoms with Crippen molar-refractivity contribution in [2.75, 3.05) is 31.1 Å². The van der Waals surface area contributed by atoms with Crippen LogP contribution in [0.4, 0.5) is 0 Å². The summed E-state index contributed by atoms with van der Waals surface area (Å²) in [5.74, 6) is 2.83. The molecule has 2 saturated heterocycles. The molecule has 2 aliphatic heterocycles. The summed E-state index contributed by atoms with van der Waals surface area (Å²) in [5, 5.41) is 0. The van der Waals surface area contributed by atoms with Crippen LogP contribution in [0.25, 0.3) is 0 Å². The van der Waals surface area contributed by atoms with E-state index in [4.69, 9.17) is 0 Å². The zero-order valence-corrected chi connectivity index (χ0v) is 10.6. The van der Waals surface area contributed by atoms with E-state index >= 15 is 0 Å². The summed E-state index contributed by atoms with van der Waals surface area (Å²) >= 11 is 2.16. The Balaban J connectivity index is 1.88. The van der Waals surface area contributed by atoms with Gasteiger partial charge in [0.05, 0.1) is 0 Å². The van der Waals surface area contributed by atoms with Crippen LogP contribution in [-0.2, 0) is 0 Å². The summed E-state index contributed by atoms with van der Waals surface area (Å²) < 4.78 is 0. The molecule has 0 aromatic rings. The second-order valence-corrected chi connectivity index (χ2v) is 7.43. The Kier molecular flexibility index (Phi) is 2.87. The van der Waals surface area contributed by atoms with Crippen molar-refractivity contribution in [2.45, 2.75) is 33.6 Å². The lowest BCUT2D eigenvalue weighted by molar-refractivity contribution is 0.205. The second kappa shape index (κ2) is 3.71. The first-order valence-electron chi connectivity index (χ1n) is 5.79. The van der Waals surface area contributed by atoms with Gasteiger partial charge in [-0.2, -0.15) is 11.8 Å². The molecule has 1 spiro atoms. The molecule has 0 aromatic carbocycles. The Morgan fingerprint density at radius 2 is 2.07 bits per heavy atom. The number of hydrogen-bond donors (Lipinski definition) is 0. The molecule has 0 aliphatic carbocycles. The summed E-state index contributed by atoms with van der Waals surface area (Å²) in [6, 6.07) is 0. The van der Waals surface area contributed by atoms with Crippen LogP contribution in [0.5, 0.6) is 0 Å². The van der Waals surface area contributed by atoms with Gasteiger partial charge in [0.25, 0.3) is 0 Å². The topological polar surface area (TPSA) is 3.24 Å². The molecule has 2 heterocycles. The fourth-order valence-corrected chi connectivity index (χ4v) is 4.34. The largest absolute Gasteiger partial charge is 0.302 e. The Labute approximate surface area is 92.6 Å². The van der Waals surface area contributed by atoms with Gasteiger partial charge < -0.3 is 4.90 Å². The van der Waals surface area contributed by atoms with Crippen LogP contribution in [0, 0.1) is 10.8 Å². The summed E-state index contributed by atoms with van der Waals surface area (Å²) in [4.78, 5) is 2.69. The fraction of sp³-hybridized carbons (Fsp3) is 1.00. The third-order valence-corrected chi connectivity index (χ3v) is 4.71. The van der Waals surface area contributed by atoms with Gasteiger partial charge in [0.15, 0.2) is 0 Å². The van der Waals surface area contributed by atoms with Crippen LogP contribution in [-0.4, -0.2) is 36.0 Å². The number of hydrogen-bond acceptors (Lipinski definition) is 2. The monoisotopic (exact) mass is 213 g/mol. The van der Waals surface area contributed by atoms with E-state index in [0.29, 0.717) is 5.41 Å². The highest BCUT2D eigenvalue weighted by molar-refractivity contribution is 7.99. The van der Waals surface area contributed by atoms with Gasteiger partial charge >= 0.3 is 0 Å². The zero-order chi connectivity index (χ0) is 10.2. The van der Waals surface area contributed by atoms with Crippen molar-refractivity contribution in [1.29, 1.82) is 0 Å². The number of rotatable bonds is 1. The van der Waals surface area contributed by atoms with Gasteiger partial charge in [-0.05, 0) is 36.0 Å². The molecular weight excluding hydrogens is 190 g/mol. The highest BCUT2D eigenvalue weighted by atomic mass is 32.2. The summed E-state index contributed by atoms with van der Waals surface area (Å²) in [6.45, 7) is 11.0. The van der Waals surface area contributed by atoms with Gasteiger partial charge in [-0.15, -0.1) is 0 Å². The molecular formula is C12H23NS. The second-order valence-electron chi connectivity index (χ2n) is 6.32. The molecule has 2 aliphatic rings. The number of likely N-dealkylation sites (tertiary alicyclic amines) is 1. The van der Waals surface area contributed by atoms with Gasteiger partial charge in [-0.25, -0.2) is 0 Å². The van der Waals surface area contributed by atoms with E-state index in [1.165, 1.54) is 44.0 Å². The summed E-state index contributed by atoms with van der Waals surface area (Å²) in [5.41, 5.74) is 1.19. The van der Waals surface area contributed by atoms with Crippen molar-refractivity contribution < 1.29 is 0 Å². The van der Waals surface area contributed by atoms with Crippen LogP contribution >= 0.6 is 11.8 Å². The average molecular weight is 213 g/mol. The maximum Gasteiger partial charge on any atom is 0.00469 e. The van der Waals surface area contributed by atoms with Gasteiger partial charge in [-0.3, -0.25) is 0 Å². The predicted molar refractivity (Wildman–Crippen MR) is 64.9 cm³/mol. The molecule has 1 nitrogen and oxygen atoms in total. The van der Waals surface area contributed by atoms with Gasteiger partial charge in [0, 0.05) is 18.8 Å². The quantitative estimate of drug-likeness (QED) is 0.659. The molecule has 2 heteroatoms. The zero-order valence-electron chi connectivity index (χ0n) is 9.81. The molecule has 1 unspecified atom stereocenters. The SMILES string of the molecule is CC(C)(C)CN1CCC2(CCSC2)C1. The lowest BCUT2D eigenvalue weighted by Crippen LogP contribution is -2.33. The first-order valence-corrected chi connectivity index (χ1v) is 6.95. The molecule has 2 fully saturated rings. The van der Waals surface area contributed by atoms with E-state index in [9.17, 15) is 0 Å². The van der Waals surface area contributed by atoms with Crippen LogP contribution < -0.4 is 0 Å². The van der Waals surface area contributed by atoms with Gasteiger partial charge in [0.1, 0.15) is 0 Å². The minimum Gasteiger partial charge on any atom is -0.302 e. The molecule has 82 valence electrons. The standard InChI is InChI=1S/C12H23NS/c1-11(2,3)8-13-6-4-12(9-13)5-7-14-10-12/h4-10H2,1-3H3. The predicted octanol–water partition coefficient (Wildman–Crippen LogP) is 2.86. The maximum atomic E-state index is 2.69. The number of nitrogens with zero attached hydrogens (tertiary/aromatic N) is 1. The van der Waals surface area contributed by atoms with Crippen molar-refractivity contribution >= 4 is 11.8 Å². The fourth-order valence-electron chi connectivity index (χ4n) is 2.80. The van der Waals surface area contributed by atoms with Crippen molar-refractivity contribution in [3.05, 3.63) is 0 Å². The molecule has 0 radical (unpaired) electrons. The Morgan fingerprint density at radius 3 is 2.64 bits per heavy atom. The number of thioether (sulfide) groups is 1. The van der Waals surface area contributed by atoms with Crippen molar-refractivity contribution in [3.8, 4) is 0 Å². The molecule has 1 atom stereocenters. The van der Waals surface area contributed by atoms with Crippen molar-refractivity contribution in [2.24, 2.45) is 10.8 Å². The van der Waals surface area contributed by atoms with Crippen LogP contribution in [0.1, 0.15) is 33.6 Å². The molecule has 0 aromatic heterocycles. The Hall–Kier alpha value is 0.310. The molecule has 0 saturated carbocycles. The lowest BCUT2D eigenvalue weighted by Gasteiger charge is -2.28. The van der Waals surface area contributed by atoms with Gasteiger partial charge in [-0.1, -0.05) is 20.8 Å². The lowest BCUT2D eigenvalue weighted by atomic mass is 9.87. The van der Waals surface area contributed by atoms with Crippen LogP contribution in [0.15, 0.2) is 0 Å². The first-order chi connectivity index (χ1) is 6.49. The van der Waals surface area contributed by atoms with E-state index in [0.717, 1.165) is 5.41 Å². The summed E-state index contributed by atoms with van der Waals surface area (Å²) in [6.07, 6.45) is 2.92. The van der Waals surface area contributed by atoms with E-state index in [1.54, 1.807) is 0 Å². The normalized spacial score (nSPS) is 34.5. The van der Waals surface area contributed by atoms with Crippen molar-refractivity contribution in [1.82, 2.24) is 4.90 Å². The third-order valence-electron chi connectivity index (χ3n) is 3.40. The van der Waals surface area contributed by atoms with E-state index in [-0.39, 0.29) is 0 Å². The highest BCUT2D eigenvalue weighted by Gasteiger charge is 2.41. The molecule has 2 rings (SSSR count). The van der Waals surface area contributed by atoms with Crippen LogP contribution in [0.2, 0.25) is 0 Å². The van der Waals surface area contributed by atoms with Crippen LogP contribution in [0.3, 0.4) is 0 Å². The third kappa shape index (κ3) is 2.46. The molecule has 0 N–H and O–H groups in total. The highest BCUT2D eigenvalue weighted by Crippen LogP contribution is 2.43. The maximum absolute atomic E-state index is 2.69. The minimum atomic E-state index is 0.470.